The Morgan fingerprint density at radius 2 is 2.46 bits per heavy atom. The summed E-state index contributed by atoms with van der Waals surface area (Å²) in [6.07, 6.45) is 3.85. The van der Waals surface area contributed by atoms with Gasteiger partial charge in [0.25, 0.3) is 0 Å². The molecule has 1 fully saturated rings. The Morgan fingerprint density at radius 1 is 1.54 bits per heavy atom. The van der Waals surface area contributed by atoms with Gasteiger partial charge in [0.05, 0.1) is 19.0 Å². The molecule has 0 saturated carbocycles. The summed E-state index contributed by atoms with van der Waals surface area (Å²) in [7, 11) is 0. The van der Waals surface area contributed by atoms with Crippen LogP contribution in [0.25, 0.3) is 0 Å². The van der Waals surface area contributed by atoms with E-state index in [0.717, 1.165) is 6.42 Å². The van der Waals surface area contributed by atoms with E-state index in [1.807, 2.05) is 0 Å². The first kappa shape index (κ1) is 8.31. The zero-order chi connectivity index (χ0) is 9.10. The second-order valence-corrected chi connectivity index (χ2v) is 3.06. The van der Waals surface area contributed by atoms with Gasteiger partial charge >= 0.3 is 0 Å². The minimum atomic E-state index is 0.0178. The fourth-order valence-corrected chi connectivity index (χ4v) is 1.41. The Hall–Kier alpha value is -1.29. The summed E-state index contributed by atoms with van der Waals surface area (Å²) in [4.78, 5) is 11.7. The van der Waals surface area contributed by atoms with E-state index in [0.29, 0.717) is 18.8 Å². The highest BCUT2D eigenvalue weighted by Gasteiger charge is 2.24. The van der Waals surface area contributed by atoms with Gasteiger partial charge in [-0.15, -0.1) is 0 Å². The summed E-state index contributed by atoms with van der Waals surface area (Å²) in [5, 5.41) is 7.29. The molecule has 4 nitrogen and oxygen atoms in total. The average molecular weight is 178 g/mol. The molecule has 0 aromatic carbocycles. The van der Waals surface area contributed by atoms with Crippen LogP contribution in [0.5, 0.6) is 0 Å². The summed E-state index contributed by atoms with van der Waals surface area (Å²) >= 11 is 0. The molecule has 0 N–H and O–H groups in total. The number of aromatic nitrogens is 2. The minimum Gasteiger partial charge on any atom is -0.381 e. The minimum absolute atomic E-state index is 0.0178. The van der Waals surface area contributed by atoms with Crippen LogP contribution in [0, 0.1) is 5.92 Å². The molecular weight excluding hydrogens is 168 g/mol. The Labute approximate surface area is 75.9 Å². The van der Waals surface area contributed by atoms with Crippen LogP contribution in [-0.2, 0) is 4.74 Å². The van der Waals surface area contributed by atoms with Crippen LogP contribution < -0.4 is 0 Å². The SMILES string of the molecule is O=C(c1ccnnc1)C1CCOC1. The van der Waals surface area contributed by atoms with Gasteiger partial charge in [0.1, 0.15) is 0 Å². The topological polar surface area (TPSA) is 52.1 Å². The van der Waals surface area contributed by atoms with E-state index in [1.54, 1.807) is 6.07 Å². The van der Waals surface area contributed by atoms with E-state index in [-0.39, 0.29) is 11.7 Å². The molecule has 0 bridgehead atoms. The Kier molecular flexibility index (Phi) is 2.31. The molecular formula is C9H10N2O2. The van der Waals surface area contributed by atoms with Crippen molar-refractivity contribution in [3.63, 3.8) is 0 Å². The lowest BCUT2D eigenvalue weighted by atomic mass is 9.99. The zero-order valence-electron chi connectivity index (χ0n) is 7.14. The number of carbonyl (C=O) groups excluding carboxylic acids is 1. The van der Waals surface area contributed by atoms with E-state index >= 15 is 0 Å². The first-order valence-corrected chi connectivity index (χ1v) is 4.26. The summed E-state index contributed by atoms with van der Waals surface area (Å²) in [6.45, 7) is 1.23. The molecule has 0 amide bonds. The monoisotopic (exact) mass is 178 g/mol. The standard InChI is InChI=1S/C9H10N2O2/c12-9(8-2-4-13-6-8)7-1-3-10-11-5-7/h1,3,5,8H,2,4,6H2. The molecule has 1 unspecified atom stereocenters. The van der Waals surface area contributed by atoms with E-state index in [9.17, 15) is 4.79 Å². The fraction of sp³-hybridized carbons (Fsp3) is 0.444. The molecule has 1 aromatic heterocycles. The zero-order valence-corrected chi connectivity index (χ0v) is 7.14. The molecule has 13 heavy (non-hydrogen) atoms. The first-order valence-electron chi connectivity index (χ1n) is 4.26. The van der Waals surface area contributed by atoms with Gasteiger partial charge in [-0.1, -0.05) is 0 Å². The Balaban J connectivity index is 2.13. The predicted octanol–water partition coefficient (Wildman–Crippen LogP) is 0.696. The van der Waals surface area contributed by atoms with Crippen molar-refractivity contribution in [2.75, 3.05) is 13.2 Å². The first-order chi connectivity index (χ1) is 6.38. The highest BCUT2D eigenvalue weighted by molar-refractivity contribution is 5.97. The van der Waals surface area contributed by atoms with Crippen LogP contribution in [0.1, 0.15) is 16.8 Å². The largest absolute Gasteiger partial charge is 0.381 e. The quantitative estimate of drug-likeness (QED) is 0.625. The predicted molar refractivity (Wildman–Crippen MR) is 45.3 cm³/mol. The van der Waals surface area contributed by atoms with Crippen molar-refractivity contribution >= 4 is 5.78 Å². The second kappa shape index (κ2) is 3.62. The van der Waals surface area contributed by atoms with Gasteiger partial charge in [-0.2, -0.15) is 10.2 Å². The molecule has 0 aliphatic carbocycles. The van der Waals surface area contributed by atoms with Gasteiger partial charge < -0.3 is 4.74 Å². The van der Waals surface area contributed by atoms with Crippen molar-refractivity contribution < 1.29 is 9.53 Å². The number of hydrogen-bond acceptors (Lipinski definition) is 4. The number of carbonyl (C=O) groups is 1. The smallest absolute Gasteiger partial charge is 0.170 e. The lowest BCUT2D eigenvalue weighted by Gasteiger charge is -2.04. The number of ketones is 1. The normalized spacial score (nSPS) is 21.7. The fourth-order valence-electron chi connectivity index (χ4n) is 1.41. The van der Waals surface area contributed by atoms with E-state index in [1.165, 1.54) is 12.4 Å². The van der Waals surface area contributed by atoms with Gasteiger partial charge in [-0.3, -0.25) is 4.79 Å². The van der Waals surface area contributed by atoms with Crippen molar-refractivity contribution in [3.8, 4) is 0 Å². The van der Waals surface area contributed by atoms with Crippen LogP contribution in [0.15, 0.2) is 18.5 Å². The van der Waals surface area contributed by atoms with Crippen LogP contribution in [0.2, 0.25) is 0 Å². The van der Waals surface area contributed by atoms with Crippen LogP contribution in [0.4, 0.5) is 0 Å². The molecule has 68 valence electrons. The molecule has 1 saturated heterocycles. The van der Waals surface area contributed by atoms with E-state index in [4.69, 9.17) is 4.74 Å². The van der Waals surface area contributed by atoms with Crippen molar-refractivity contribution in [3.05, 3.63) is 24.0 Å². The third kappa shape index (κ3) is 1.72. The van der Waals surface area contributed by atoms with Crippen LogP contribution in [-0.4, -0.2) is 29.2 Å². The van der Waals surface area contributed by atoms with Gasteiger partial charge in [0.2, 0.25) is 0 Å². The maximum atomic E-state index is 11.7. The summed E-state index contributed by atoms with van der Waals surface area (Å²) in [5.41, 5.74) is 0.630. The summed E-state index contributed by atoms with van der Waals surface area (Å²) in [5.74, 6) is 0.136. The molecule has 1 aliphatic rings. The van der Waals surface area contributed by atoms with E-state index in [2.05, 4.69) is 10.2 Å². The lowest BCUT2D eigenvalue weighted by molar-refractivity contribution is 0.0899. The molecule has 4 heteroatoms. The summed E-state index contributed by atoms with van der Waals surface area (Å²) in [6, 6.07) is 1.69. The number of nitrogens with zero attached hydrogens (tertiary/aromatic N) is 2. The second-order valence-electron chi connectivity index (χ2n) is 3.06. The maximum Gasteiger partial charge on any atom is 0.170 e. The number of rotatable bonds is 2. The molecule has 0 radical (unpaired) electrons. The summed E-state index contributed by atoms with van der Waals surface area (Å²) < 4.78 is 5.14. The molecule has 2 heterocycles. The highest BCUT2D eigenvalue weighted by atomic mass is 16.5. The van der Waals surface area contributed by atoms with Gasteiger partial charge in [0.15, 0.2) is 5.78 Å². The van der Waals surface area contributed by atoms with Crippen molar-refractivity contribution in [2.24, 2.45) is 5.92 Å². The highest BCUT2D eigenvalue weighted by Crippen LogP contribution is 2.17. The number of hydrogen-bond donors (Lipinski definition) is 0. The molecule has 2 rings (SSSR count). The van der Waals surface area contributed by atoms with Crippen molar-refractivity contribution in [2.45, 2.75) is 6.42 Å². The number of Topliss-reactive ketones (excluding diaryl/α,β-unsaturated/α-hetero) is 1. The van der Waals surface area contributed by atoms with Crippen molar-refractivity contribution in [1.82, 2.24) is 10.2 Å². The molecule has 1 aromatic rings. The molecule has 1 atom stereocenters. The molecule has 0 spiro atoms. The van der Waals surface area contributed by atoms with Gasteiger partial charge in [0, 0.05) is 18.1 Å². The van der Waals surface area contributed by atoms with Gasteiger partial charge in [-0.25, -0.2) is 0 Å². The van der Waals surface area contributed by atoms with E-state index < -0.39 is 0 Å². The van der Waals surface area contributed by atoms with Crippen LogP contribution >= 0.6 is 0 Å². The molecule has 1 aliphatic heterocycles. The third-order valence-corrected chi connectivity index (χ3v) is 2.17. The third-order valence-electron chi connectivity index (χ3n) is 2.17. The van der Waals surface area contributed by atoms with Crippen LogP contribution in [0.3, 0.4) is 0 Å². The number of ether oxygens (including phenoxy) is 1. The lowest BCUT2D eigenvalue weighted by Crippen LogP contribution is -2.14. The Bertz CT molecular complexity index is 294. The van der Waals surface area contributed by atoms with Gasteiger partial charge in [-0.05, 0) is 12.5 Å². The van der Waals surface area contributed by atoms with Crippen molar-refractivity contribution in [1.29, 1.82) is 0 Å². The maximum absolute atomic E-state index is 11.7. The Morgan fingerprint density at radius 3 is 3.08 bits per heavy atom. The average Bonchev–Trinajstić information content (AvgIpc) is 2.71.